The van der Waals surface area contributed by atoms with E-state index in [1.54, 1.807) is 12.1 Å². The molecule has 0 saturated heterocycles. The number of esters is 1. The smallest absolute Gasteiger partial charge is 0.337 e. The number of aromatic nitrogens is 2. The quantitative estimate of drug-likeness (QED) is 0.385. The van der Waals surface area contributed by atoms with E-state index in [0.29, 0.717) is 20.9 Å². The van der Waals surface area contributed by atoms with Gasteiger partial charge in [-0.1, -0.05) is 0 Å². The van der Waals surface area contributed by atoms with Gasteiger partial charge in [0.1, 0.15) is 11.2 Å². The number of nitro groups is 1. The van der Waals surface area contributed by atoms with Crippen molar-refractivity contribution in [3.8, 4) is 5.69 Å². The van der Waals surface area contributed by atoms with Crippen LogP contribution < -0.4 is 0 Å². The van der Waals surface area contributed by atoms with Gasteiger partial charge in [-0.15, -0.1) is 0 Å². The second kappa shape index (κ2) is 6.00. The van der Waals surface area contributed by atoms with Gasteiger partial charge in [0.15, 0.2) is 5.82 Å². The van der Waals surface area contributed by atoms with Crippen molar-refractivity contribution in [2.45, 2.75) is 0 Å². The van der Waals surface area contributed by atoms with Gasteiger partial charge in [0.05, 0.1) is 23.7 Å². The topological polar surface area (TPSA) is 87.3 Å². The van der Waals surface area contributed by atoms with Gasteiger partial charge in [0.25, 0.3) is 5.69 Å². The van der Waals surface area contributed by atoms with Crippen LogP contribution in [0.15, 0.2) is 41.0 Å². The summed E-state index contributed by atoms with van der Waals surface area (Å²) in [6.07, 6.45) is 1.52. The van der Waals surface area contributed by atoms with Crippen molar-refractivity contribution >= 4 is 38.5 Å². The van der Waals surface area contributed by atoms with Crippen LogP contribution in [-0.4, -0.2) is 27.8 Å². The van der Waals surface area contributed by atoms with Crippen LogP contribution in [0.4, 0.5) is 10.1 Å². The molecule has 0 atom stereocenters. The number of rotatable bonds is 3. The maximum absolute atomic E-state index is 14.1. The Labute approximate surface area is 142 Å². The minimum atomic E-state index is -0.777. The molecule has 0 fully saturated rings. The molecular formula is C15H9BrFN3O4. The Morgan fingerprint density at radius 1 is 1.38 bits per heavy atom. The lowest BCUT2D eigenvalue weighted by Gasteiger charge is -2.02. The summed E-state index contributed by atoms with van der Waals surface area (Å²) in [7, 11) is 1.27. The van der Waals surface area contributed by atoms with E-state index in [1.807, 2.05) is 0 Å². The summed E-state index contributed by atoms with van der Waals surface area (Å²) < 4.78 is 20.6. The lowest BCUT2D eigenvalue weighted by molar-refractivity contribution is -0.385. The molecular weight excluding hydrogens is 385 g/mol. The highest BCUT2D eigenvalue weighted by Gasteiger charge is 2.16. The molecule has 3 rings (SSSR count). The molecule has 0 bridgehead atoms. The summed E-state index contributed by atoms with van der Waals surface area (Å²) in [4.78, 5) is 21.7. The number of carbonyl (C=O) groups is 1. The number of halogens is 2. The van der Waals surface area contributed by atoms with Crippen molar-refractivity contribution in [1.29, 1.82) is 0 Å². The summed E-state index contributed by atoms with van der Waals surface area (Å²) >= 11 is 3.31. The van der Waals surface area contributed by atoms with Crippen molar-refractivity contribution in [2.75, 3.05) is 7.11 Å². The molecule has 0 saturated carbocycles. The highest BCUT2D eigenvalue weighted by Crippen LogP contribution is 2.27. The van der Waals surface area contributed by atoms with Crippen molar-refractivity contribution in [1.82, 2.24) is 9.78 Å². The fourth-order valence-corrected chi connectivity index (χ4v) is 2.80. The zero-order valence-corrected chi connectivity index (χ0v) is 13.8. The molecule has 122 valence electrons. The standard InChI is InChI=1S/C15H9BrFN3O4/c1-24-15(21)8-4-9-7-19(18-14(9)11(16)5-8)13-3-2-10(20(22)23)6-12(13)17/h2-7H,1H3. The number of methoxy groups -OCH3 is 1. The summed E-state index contributed by atoms with van der Waals surface area (Å²) in [5, 5.41) is 15.5. The number of fused-ring (bicyclic) bond motifs is 1. The first-order valence-corrected chi connectivity index (χ1v) is 7.41. The van der Waals surface area contributed by atoms with Crippen molar-refractivity contribution in [3.05, 3.63) is 62.5 Å². The maximum atomic E-state index is 14.1. The molecule has 0 aliphatic carbocycles. The minimum absolute atomic E-state index is 0.0586. The maximum Gasteiger partial charge on any atom is 0.337 e. The molecule has 0 amide bonds. The normalized spacial score (nSPS) is 10.8. The van der Waals surface area contributed by atoms with Crippen molar-refractivity contribution < 1.29 is 18.8 Å². The third-order valence-electron chi connectivity index (χ3n) is 3.37. The molecule has 24 heavy (non-hydrogen) atoms. The van der Waals surface area contributed by atoms with Crippen LogP contribution in [0, 0.1) is 15.9 Å². The second-order valence-corrected chi connectivity index (χ2v) is 5.71. The highest BCUT2D eigenvalue weighted by molar-refractivity contribution is 9.10. The Bertz CT molecular complexity index is 986. The van der Waals surface area contributed by atoms with E-state index < -0.39 is 16.7 Å². The van der Waals surface area contributed by atoms with Crippen LogP contribution in [0.5, 0.6) is 0 Å². The number of benzene rings is 2. The van der Waals surface area contributed by atoms with Gasteiger partial charge in [-0.2, -0.15) is 5.10 Å². The van der Waals surface area contributed by atoms with Gasteiger partial charge in [0.2, 0.25) is 0 Å². The number of nitro benzene ring substituents is 1. The number of hydrogen-bond acceptors (Lipinski definition) is 5. The van der Waals surface area contributed by atoms with Gasteiger partial charge in [0, 0.05) is 22.1 Å². The van der Waals surface area contributed by atoms with E-state index in [2.05, 4.69) is 25.8 Å². The molecule has 0 aliphatic rings. The Kier molecular flexibility index (Phi) is 4.02. The molecule has 1 aromatic heterocycles. The SMILES string of the molecule is COC(=O)c1cc(Br)c2nn(-c3ccc([N+](=O)[O-])cc3F)cc2c1. The van der Waals surface area contributed by atoms with E-state index >= 15 is 0 Å². The summed E-state index contributed by atoms with van der Waals surface area (Å²) in [5.41, 5.74) is 0.548. The minimum Gasteiger partial charge on any atom is -0.465 e. The Morgan fingerprint density at radius 3 is 2.75 bits per heavy atom. The van der Waals surface area contributed by atoms with E-state index in [0.717, 1.165) is 6.07 Å². The lowest BCUT2D eigenvalue weighted by Crippen LogP contribution is -2.00. The van der Waals surface area contributed by atoms with Crippen LogP contribution in [-0.2, 0) is 4.74 Å². The average molecular weight is 394 g/mol. The predicted molar refractivity (Wildman–Crippen MR) is 86.7 cm³/mol. The molecule has 9 heteroatoms. The number of carbonyl (C=O) groups excluding carboxylic acids is 1. The first-order valence-electron chi connectivity index (χ1n) is 6.62. The average Bonchev–Trinajstić information content (AvgIpc) is 2.98. The molecule has 0 spiro atoms. The zero-order valence-electron chi connectivity index (χ0n) is 12.2. The molecule has 0 N–H and O–H groups in total. The van der Waals surface area contributed by atoms with Crippen molar-refractivity contribution in [2.24, 2.45) is 0 Å². The molecule has 2 aromatic carbocycles. The Hall–Kier alpha value is -2.81. The van der Waals surface area contributed by atoms with Crippen LogP contribution in [0.3, 0.4) is 0 Å². The van der Waals surface area contributed by atoms with Crippen LogP contribution in [0.25, 0.3) is 16.6 Å². The summed E-state index contributed by atoms with van der Waals surface area (Å²) in [6, 6.07) is 6.42. The van der Waals surface area contributed by atoms with Gasteiger partial charge < -0.3 is 4.74 Å². The predicted octanol–water partition coefficient (Wildman–Crippen LogP) is 3.62. The monoisotopic (exact) mass is 393 g/mol. The molecule has 0 unspecified atom stereocenters. The summed E-state index contributed by atoms with van der Waals surface area (Å²) in [5.74, 6) is -1.28. The Morgan fingerprint density at radius 2 is 2.12 bits per heavy atom. The van der Waals surface area contributed by atoms with E-state index in [-0.39, 0.29) is 11.4 Å². The van der Waals surface area contributed by atoms with E-state index in [9.17, 15) is 19.3 Å². The third kappa shape index (κ3) is 2.73. The van der Waals surface area contributed by atoms with Crippen LogP contribution >= 0.6 is 15.9 Å². The van der Waals surface area contributed by atoms with E-state index in [1.165, 1.54) is 30.1 Å². The number of ether oxygens (including phenoxy) is 1. The fraction of sp³-hybridized carbons (Fsp3) is 0.0667. The summed E-state index contributed by atoms with van der Waals surface area (Å²) in [6.45, 7) is 0. The van der Waals surface area contributed by atoms with Gasteiger partial charge in [-0.3, -0.25) is 10.1 Å². The molecule has 7 nitrogen and oxygen atoms in total. The lowest BCUT2D eigenvalue weighted by atomic mass is 10.1. The van der Waals surface area contributed by atoms with Crippen LogP contribution in [0.1, 0.15) is 10.4 Å². The van der Waals surface area contributed by atoms with Crippen LogP contribution in [0.2, 0.25) is 0 Å². The Balaban J connectivity index is 2.13. The number of nitrogens with zero attached hydrogens (tertiary/aromatic N) is 3. The fourth-order valence-electron chi connectivity index (χ4n) is 2.25. The number of hydrogen-bond donors (Lipinski definition) is 0. The second-order valence-electron chi connectivity index (χ2n) is 4.85. The molecule has 1 heterocycles. The molecule has 3 aromatic rings. The molecule has 0 radical (unpaired) electrons. The van der Waals surface area contributed by atoms with Gasteiger partial charge in [-0.25, -0.2) is 13.9 Å². The zero-order chi connectivity index (χ0) is 17.4. The van der Waals surface area contributed by atoms with E-state index in [4.69, 9.17) is 0 Å². The number of non-ortho nitro benzene ring substituents is 1. The van der Waals surface area contributed by atoms with Crippen molar-refractivity contribution in [3.63, 3.8) is 0 Å². The van der Waals surface area contributed by atoms with Gasteiger partial charge in [-0.05, 0) is 34.1 Å². The third-order valence-corrected chi connectivity index (χ3v) is 3.98. The molecule has 0 aliphatic heterocycles. The first kappa shape index (κ1) is 16.1. The van der Waals surface area contributed by atoms with Gasteiger partial charge >= 0.3 is 5.97 Å². The largest absolute Gasteiger partial charge is 0.465 e. The highest BCUT2D eigenvalue weighted by atomic mass is 79.9. The first-order chi connectivity index (χ1) is 11.4.